The molecule has 9 nitrogen and oxygen atoms in total. The van der Waals surface area contributed by atoms with Crippen LogP contribution < -0.4 is 0 Å². The molecule has 1 aliphatic rings. The molecule has 0 aliphatic carbocycles. The van der Waals surface area contributed by atoms with Gasteiger partial charge in [-0.25, -0.2) is 0 Å². The van der Waals surface area contributed by atoms with Crippen molar-refractivity contribution >= 4 is 23.9 Å². The van der Waals surface area contributed by atoms with Crippen molar-refractivity contribution in [1.29, 1.82) is 0 Å². The summed E-state index contributed by atoms with van der Waals surface area (Å²) in [5.74, 6) is -2.46. The van der Waals surface area contributed by atoms with Crippen molar-refractivity contribution in [3.8, 4) is 0 Å². The van der Waals surface area contributed by atoms with Gasteiger partial charge in [0.25, 0.3) is 0 Å². The summed E-state index contributed by atoms with van der Waals surface area (Å²) >= 11 is 0. The predicted octanol–water partition coefficient (Wildman–Crippen LogP) is 1.08. The van der Waals surface area contributed by atoms with E-state index >= 15 is 0 Å². The molecule has 152 valence electrons. The van der Waals surface area contributed by atoms with Crippen LogP contribution in [0.15, 0.2) is 12.7 Å². The van der Waals surface area contributed by atoms with Gasteiger partial charge in [-0.05, 0) is 12.8 Å². The molecule has 0 N–H and O–H groups in total. The maximum Gasteiger partial charge on any atom is 0.303 e. The van der Waals surface area contributed by atoms with Crippen LogP contribution >= 0.6 is 0 Å². The molecule has 1 fully saturated rings. The van der Waals surface area contributed by atoms with E-state index in [-0.39, 0.29) is 6.61 Å². The van der Waals surface area contributed by atoms with Crippen LogP contribution in [0.5, 0.6) is 0 Å². The molecular weight excluding hydrogens is 360 g/mol. The Hall–Kier alpha value is -2.42. The summed E-state index contributed by atoms with van der Waals surface area (Å²) < 4.78 is 26.8. The molecule has 0 aromatic carbocycles. The first kappa shape index (κ1) is 22.6. The maximum atomic E-state index is 11.6. The summed E-state index contributed by atoms with van der Waals surface area (Å²) in [5, 5.41) is 0. The zero-order valence-electron chi connectivity index (χ0n) is 16.0. The Kier molecular flexibility index (Phi) is 8.93. The van der Waals surface area contributed by atoms with Crippen LogP contribution in [0.3, 0.4) is 0 Å². The standard InChI is InChI=1S/C18H26O9/c1-6-7-8-14-16(24-11(3)20)18(26-13(5)22)17(25-12(4)21)15(27-14)9-23-10(2)19/h6,14-18H,1,7-9H2,2-5H3/t14-,15-,16+,17+,18-/m1/s1. The smallest absolute Gasteiger partial charge is 0.303 e. The van der Waals surface area contributed by atoms with E-state index in [1.54, 1.807) is 6.08 Å². The van der Waals surface area contributed by atoms with E-state index in [1.165, 1.54) is 27.7 Å². The maximum absolute atomic E-state index is 11.6. The van der Waals surface area contributed by atoms with E-state index < -0.39 is 54.4 Å². The molecule has 0 saturated carbocycles. The van der Waals surface area contributed by atoms with Gasteiger partial charge in [0.05, 0.1) is 6.10 Å². The fraction of sp³-hybridized carbons (Fsp3) is 0.667. The third kappa shape index (κ3) is 7.38. The molecule has 0 radical (unpaired) electrons. The molecule has 27 heavy (non-hydrogen) atoms. The third-order valence-corrected chi connectivity index (χ3v) is 3.74. The van der Waals surface area contributed by atoms with Gasteiger partial charge in [0.15, 0.2) is 18.3 Å². The summed E-state index contributed by atoms with van der Waals surface area (Å²) in [6.07, 6.45) is -2.20. The van der Waals surface area contributed by atoms with E-state index in [0.29, 0.717) is 12.8 Å². The van der Waals surface area contributed by atoms with Crippen LogP contribution in [0.2, 0.25) is 0 Å². The molecule has 9 heteroatoms. The van der Waals surface area contributed by atoms with Crippen LogP contribution in [0.4, 0.5) is 0 Å². The van der Waals surface area contributed by atoms with Gasteiger partial charge in [0.1, 0.15) is 12.7 Å². The zero-order chi connectivity index (χ0) is 20.6. The lowest BCUT2D eigenvalue weighted by Gasteiger charge is -2.44. The first-order chi connectivity index (χ1) is 12.6. The van der Waals surface area contributed by atoms with Crippen LogP contribution in [-0.4, -0.2) is 61.0 Å². The Morgan fingerprint density at radius 2 is 1.30 bits per heavy atom. The van der Waals surface area contributed by atoms with Crippen molar-refractivity contribution in [2.75, 3.05) is 6.61 Å². The molecule has 5 atom stereocenters. The molecule has 0 spiro atoms. The quantitative estimate of drug-likeness (QED) is 0.343. The van der Waals surface area contributed by atoms with Gasteiger partial charge in [-0.3, -0.25) is 19.2 Å². The van der Waals surface area contributed by atoms with Gasteiger partial charge in [0, 0.05) is 27.7 Å². The monoisotopic (exact) mass is 386 g/mol. The molecule has 1 saturated heterocycles. The largest absolute Gasteiger partial charge is 0.463 e. The van der Waals surface area contributed by atoms with Gasteiger partial charge >= 0.3 is 23.9 Å². The number of rotatable bonds is 8. The number of hydrogen-bond acceptors (Lipinski definition) is 9. The second-order valence-corrected chi connectivity index (χ2v) is 6.10. The van der Waals surface area contributed by atoms with Crippen LogP contribution in [0.1, 0.15) is 40.5 Å². The number of carbonyl (C=O) groups is 4. The van der Waals surface area contributed by atoms with Gasteiger partial charge < -0.3 is 23.7 Å². The van der Waals surface area contributed by atoms with Crippen molar-refractivity contribution in [2.24, 2.45) is 0 Å². The van der Waals surface area contributed by atoms with E-state index in [9.17, 15) is 19.2 Å². The van der Waals surface area contributed by atoms with Crippen molar-refractivity contribution in [1.82, 2.24) is 0 Å². The minimum Gasteiger partial charge on any atom is -0.463 e. The highest BCUT2D eigenvalue weighted by molar-refractivity contribution is 5.68. The highest BCUT2D eigenvalue weighted by Gasteiger charge is 2.51. The zero-order valence-corrected chi connectivity index (χ0v) is 16.0. The lowest BCUT2D eigenvalue weighted by Crippen LogP contribution is -2.62. The average Bonchev–Trinajstić information content (AvgIpc) is 2.54. The summed E-state index contributed by atoms with van der Waals surface area (Å²) in [6.45, 7) is 8.22. The van der Waals surface area contributed by atoms with Crippen molar-refractivity contribution in [3.05, 3.63) is 12.7 Å². The second kappa shape index (κ2) is 10.7. The predicted molar refractivity (Wildman–Crippen MR) is 91.4 cm³/mol. The molecular formula is C18H26O9. The molecule has 0 amide bonds. The molecule has 0 unspecified atom stereocenters. The van der Waals surface area contributed by atoms with E-state index in [2.05, 4.69) is 6.58 Å². The summed E-state index contributed by atoms with van der Waals surface area (Å²) in [7, 11) is 0. The van der Waals surface area contributed by atoms with Crippen molar-refractivity contribution in [3.63, 3.8) is 0 Å². The van der Waals surface area contributed by atoms with Crippen LogP contribution in [0, 0.1) is 0 Å². The highest BCUT2D eigenvalue weighted by atomic mass is 16.7. The highest BCUT2D eigenvalue weighted by Crippen LogP contribution is 2.31. The van der Waals surface area contributed by atoms with Gasteiger partial charge in [-0.15, -0.1) is 6.58 Å². The number of ether oxygens (including phenoxy) is 5. The number of hydrogen-bond donors (Lipinski definition) is 0. The number of esters is 4. The normalized spacial score (nSPS) is 27.2. The number of allylic oxidation sites excluding steroid dienone is 1. The Labute approximate surface area is 157 Å². The minimum absolute atomic E-state index is 0.220. The van der Waals surface area contributed by atoms with Gasteiger partial charge in [-0.1, -0.05) is 6.08 Å². The topological polar surface area (TPSA) is 114 Å². The SMILES string of the molecule is C=CCC[C@H]1O[C@H](COC(C)=O)[C@H](OC(C)=O)[C@H](OC(C)=O)[C@H]1OC(C)=O. The Morgan fingerprint density at radius 3 is 1.74 bits per heavy atom. The average molecular weight is 386 g/mol. The van der Waals surface area contributed by atoms with E-state index in [4.69, 9.17) is 23.7 Å². The molecule has 0 aromatic heterocycles. The lowest BCUT2D eigenvalue weighted by molar-refractivity contribution is -0.253. The van der Waals surface area contributed by atoms with Crippen LogP contribution in [-0.2, 0) is 42.9 Å². The molecule has 1 heterocycles. The summed E-state index contributed by atoms with van der Waals surface area (Å²) in [5.41, 5.74) is 0. The Bertz CT molecular complexity index is 571. The molecule has 0 bridgehead atoms. The van der Waals surface area contributed by atoms with E-state index in [1.807, 2.05) is 0 Å². The van der Waals surface area contributed by atoms with Crippen molar-refractivity contribution in [2.45, 2.75) is 71.1 Å². The Balaban J connectivity index is 3.24. The van der Waals surface area contributed by atoms with Crippen LogP contribution in [0.25, 0.3) is 0 Å². The van der Waals surface area contributed by atoms with Crippen molar-refractivity contribution < 1.29 is 42.9 Å². The first-order valence-electron chi connectivity index (χ1n) is 8.57. The summed E-state index contributed by atoms with van der Waals surface area (Å²) in [4.78, 5) is 45.9. The first-order valence-corrected chi connectivity index (χ1v) is 8.57. The van der Waals surface area contributed by atoms with Gasteiger partial charge in [0.2, 0.25) is 0 Å². The molecule has 0 aromatic rings. The fourth-order valence-electron chi connectivity index (χ4n) is 2.83. The summed E-state index contributed by atoms with van der Waals surface area (Å²) in [6, 6.07) is 0. The molecule has 1 aliphatic heterocycles. The molecule has 1 rings (SSSR count). The van der Waals surface area contributed by atoms with Gasteiger partial charge in [-0.2, -0.15) is 0 Å². The second-order valence-electron chi connectivity index (χ2n) is 6.10. The minimum atomic E-state index is -1.12. The lowest BCUT2D eigenvalue weighted by atomic mass is 9.92. The number of carbonyl (C=O) groups excluding carboxylic acids is 4. The fourth-order valence-corrected chi connectivity index (χ4v) is 2.83. The third-order valence-electron chi connectivity index (χ3n) is 3.74. The van der Waals surface area contributed by atoms with E-state index in [0.717, 1.165) is 0 Å². The Morgan fingerprint density at radius 1 is 0.815 bits per heavy atom.